The second-order valence-corrected chi connectivity index (χ2v) is 4.55. The third-order valence-electron chi connectivity index (χ3n) is 3.80. The molecule has 1 N–H and O–H groups in total. The van der Waals surface area contributed by atoms with Crippen molar-refractivity contribution in [2.24, 2.45) is 17.8 Å². The monoisotopic (exact) mass is 197 g/mol. The van der Waals surface area contributed by atoms with Crippen LogP contribution in [0, 0.1) is 17.8 Å². The largest absolute Gasteiger partial charge is 0.469 e. The lowest BCUT2D eigenvalue weighted by atomic mass is 9.68. The summed E-state index contributed by atoms with van der Waals surface area (Å²) in [6, 6.07) is 0. The van der Waals surface area contributed by atoms with Gasteiger partial charge in [0.1, 0.15) is 0 Å². The second-order valence-electron chi connectivity index (χ2n) is 4.55. The van der Waals surface area contributed by atoms with Crippen molar-refractivity contribution in [2.75, 3.05) is 20.2 Å². The van der Waals surface area contributed by atoms with Gasteiger partial charge in [0.25, 0.3) is 0 Å². The van der Waals surface area contributed by atoms with Crippen LogP contribution >= 0.6 is 0 Å². The summed E-state index contributed by atoms with van der Waals surface area (Å²) in [6.07, 6.45) is 4.54. The van der Waals surface area contributed by atoms with E-state index in [4.69, 9.17) is 4.74 Å². The van der Waals surface area contributed by atoms with Gasteiger partial charge in [0, 0.05) is 6.42 Å². The quantitative estimate of drug-likeness (QED) is 0.676. The Kier molecular flexibility index (Phi) is 3.06. The Morgan fingerprint density at radius 1 is 1.36 bits per heavy atom. The number of carbonyl (C=O) groups excluding carboxylic acids is 1. The maximum absolute atomic E-state index is 11.3. The van der Waals surface area contributed by atoms with Gasteiger partial charge in [-0.2, -0.15) is 0 Å². The lowest BCUT2D eigenvalue weighted by Gasteiger charge is -2.42. The molecule has 1 saturated carbocycles. The van der Waals surface area contributed by atoms with Crippen LogP contribution < -0.4 is 5.32 Å². The van der Waals surface area contributed by atoms with Crippen molar-refractivity contribution in [2.45, 2.75) is 25.7 Å². The van der Waals surface area contributed by atoms with Crippen molar-refractivity contribution in [3.05, 3.63) is 0 Å². The van der Waals surface area contributed by atoms with E-state index in [2.05, 4.69) is 5.32 Å². The Morgan fingerprint density at radius 3 is 2.57 bits per heavy atom. The molecule has 0 radical (unpaired) electrons. The molecule has 80 valence electrons. The smallest absolute Gasteiger partial charge is 0.305 e. The molecule has 3 nitrogen and oxygen atoms in total. The van der Waals surface area contributed by atoms with E-state index in [9.17, 15) is 4.79 Å². The van der Waals surface area contributed by atoms with Gasteiger partial charge < -0.3 is 10.1 Å². The second kappa shape index (κ2) is 4.30. The molecule has 2 atom stereocenters. The van der Waals surface area contributed by atoms with Crippen LogP contribution in [-0.4, -0.2) is 26.2 Å². The molecule has 1 aliphatic carbocycles. The number of carbonyl (C=O) groups is 1. The molecule has 1 saturated heterocycles. The number of ether oxygens (including phenoxy) is 1. The van der Waals surface area contributed by atoms with E-state index in [0.717, 1.165) is 13.1 Å². The fourth-order valence-corrected chi connectivity index (χ4v) is 3.03. The van der Waals surface area contributed by atoms with Crippen LogP contribution in [0.3, 0.4) is 0 Å². The first-order valence-electron chi connectivity index (χ1n) is 5.59. The van der Waals surface area contributed by atoms with E-state index >= 15 is 0 Å². The standard InChI is InChI=1S/C11H19NO2/c1-14-11(13)5-10-8-3-2-4-9(10)7-12-6-8/h8-10,12H,2-7H2,1H3. The van der Waals surface area contributed by atoms with Crippen molar-refractivity contribution in [3.63, 3.8) is 0 Å². The normalized spacial score (nSPS) is 36.5. The number of hydrogen-bond donors (Lipinski definition) is 1. The van der Waals surface area contributed by atoms with Gasteiger partial charge in [-0.1, -0.05) is 6.42 Å². The van der Waals surface area contributed by atoms with Gasteiger partial charge in [0.15, 0.2) is 0 Å². The summed E-state index contributed by atoms with van der Waals surface area (Å²) in [5.41, 5.74) is 0. The average molecular weight is 197 g/mol. The molecule has 3 heteroatoms. The Balaban J connectivity index is 1.98. The number of esters is 1. The highest BCUT2D eigenvalue weighted by Crippen LogP contribution is 2.38. The fraction of sp³-hybridized carbons (Fsp3) is 0.909. The molecule has 1 aliphatic heterocycles. The highest BCUT2D eigenvalue weighted by molar-refractivity contribution is 5.69. The Morgan fingerprint density at radius 2 is 2.00 bits per heavy atom. The van der Waals surface area contributed by atoms with Gasteiger partial charge >= 0.3 is 5.97 Å². The number of fused-ring (bicyclic) bond motifs is 2. The van der Waals surface area contributed by atoms with Crippen LogP contribution in [0.15, 0.2) is 0 Å². The van der Waals surface area contributed by atoms with Crippen LogP contribution in [0.4, 0.5) is 0 Å². The minimum atomic E-state index is -0.0335. The summed E-state index contributed by atoms with van der Waals surface area (Å²) in [5.74, 6) is 1.97. The maximum Gasteiger partial charge on any atom is 0.305 e. The molecule has 14 heavy (non-hydrogen) atoms. The molecule has 2 rings (SSSR count). The molecule has 0 spiro atoms. The van der Waals surface area contributed by atoms with Gasteiger partial charge in [0.05, 0.1) is 7.11 Å². The Bertz CT molecular complexity index is 195. The van der Waals surface area contributed by atoms with Gasteiger partial charge in [-0.15, -0.1) is 0 Å². The number of piperidine rings is 1. The van der Waals surface area contributed by atoms with Crippen molar-refractivity contribution < 1.29 is 9.53 Å². The molecule has 0 amide bonds. The van der Waals surface area contributed by atoms with Gasteiger partial charge in [0.2, 0.25) is 0 Å². The number of methoxy groups -OCH3 is 1. The van der Waals surface area contributed by atoms with E-state index in [0.29, 0.717) is 24.2 Å². The predicted molar refractivity (Wildman–Crippen MR) is 53.8 cm³/mol. The summed E-state index contributed by atoms with van der Waals surface area (Å²) >= 11 is 0. The number of nitrogens with one attached hydrogen (secondary N) is 1. The first kappa shape index (κ1) is 9.97. The summed E-state index contributed by atoms with van der Waals surface area (Å²) < 4.78 is 4.76. The molecular weight excluding hydrogens is 178 g/mol. The van der Waals surface area contributed by atoms with Crippen LogP contribution in [-0.2, 0) is 9.53 Å². The predicted octanol–water partition coefficient (Wildman–Crippen LogP) is 1.19. The lowest BCUT2D eigenvalue weighted by molar-refractivity contribution is -0.143. The third kappa shape index (κ3) is 1.92. The lowest BCUT2D eigenvalue weighted by Crippen LogP contribution is -2.46. The zero-order valence-electron chi connectivity index (χ0n) is 8.79. The van der Waals surface area contributed by atoms with Crippen LogP contribution in [0.1, 0.15) is 25.7 Å². The minimum absolute atomic E-state index is 0.0335. The molecule has 1 heterocycles. The molecule has 2 bridgehead atoms. The first-order valence-corrected chi connectivity index (χ1v) is 5.59. The molecule has 2 unspecified atom stereocenters. The summed E-state index contributed by atoms with van der Waals surface area (Å²) in [5, 5.41) is 3.46. The van der Waals surface area contributed by atoms with Gasteiger partial charge in [-0.3, -0.25) is 4.79 Å². The Hall–Kier alpha value is -0.570. The minimum Gasteiger partial charge on any atom is -0.469 e. The highest BCUT2D eigenvalue weighted by Gasteiger charge is 2.37. The Labute approximate surface area is 85.2 Å². The topological polar surface area (TPSA) is 38.3 Å². The zero-order valence-corrected chi connectivity index (χ0v) is 8.79. The van der Waals surface area contributed by atoms with Gasteiger partial charge in [-0.25, -0.2) is 0 Å². The van der Waals surface area contributed by atoms with E-state index in [-0.39, 0.29) is 5.97 Å². The van der Waals surface area contributed by atoms with Crippen molar-refractivity contribution in [3.8, 4) is 0 Å². The SMILES string of the molecule is COC(=O)CC1C2CCCC1CNC2. The molecule has 2 fully saturated rings. The van der Waals surface area contributed by atoms with E-state index < -0.39 is 0 Å². The molecular formula is C11H19NO2. The summed E-state index contributed by atoms with van der Waals surface area (Å²) in [4.78, 5) is 11.3. The molecule has 2 aliphatic rings. The first-order chi connectivity index (χ1) is 6.81. The van der Waals surface area contributed by atoms with E-state index in [1.54, 1.807) is 0 Å². The van der Waals surface area contributed by atoms with Crippen LogP contribution in [0.2, 0.25) is 0 Å². The number of hydrogen-bond acceptors (Lipinski definition) is 3. The van der Waals surface area contributed by atoms with Crippen molar-refractivity contribution >= 4 is 5.97 Å². The van der Waals surface area contributed by atoms with Gasteiger partial charge in [-0.05, 0) is 43.7 Å². The summed E-state index contributed by atoms with van der Waals surface area (Å²) in [7, 11) is 1.49. The summed E-state index contributed by atoms with van der Waals surface area (Å²) in [6.45, 7) is 2.19. The zero-order chi connectivity index (χ0) is 9.97. The fourth-order valence-electron chi connectivity index (χ4n) is 3.03. The molecule has 0 aromatic heterocycles. The van der Waals surface area contributed by atoms with E-state index in [1.807, 2.05) is 0 Å². The van der Waals surface area contributed by atoms with Crippen molar-refractivity contribution in [1.82, 2.24) is 5.32 Å². The van der Waals surface area contributed by atoms with E-state index in [1.165, 1.54) is 26.4 Å². The third-order valence-corrected chi connectivity index (χ3v) is 3.80. The van der Waals surface area contributed by atoms with Crippen LogP contribution in [0.25, 0.3) is 0 Å². The van der Waals surface area contributed by atoms with Crippen molar-refractivity contribution in [1.29, 1.82) is 0 Å². The molecule has 0 aromatic rings. The number of rotatable bonds is 2. The average Bonchev–Trinajstić information content (AvgIpc) is 2.17. The molecule has 0 aromatic carbocycles. The maximum atomic E-state index is 11.3. The highest BCUT2D eigenvalue weighted by atomic mass is 16.5. The van der Waals surface area contributed by atoms with Crippen LogP contribution in [0.5, 0.6) is 0 Å².